The van der Waals surface area contributed by atoms with Crippen LogP contribution < -0.4 is 10.6 Å². The van der Waals surface area contributed by atoms with E-state index in [1.807, 2.05) is 80.6 Å². The molecular formula is C26H28N2O2. The summed E-state index contributed by atoms with van der Waals surface area (Å²) in [6.45, 7) is 3.98. The monoisotopic (exact) mass is 400 g/mol. The molecule has 154 valence electrons. The number of hydrogen-bond donors (Lipinski definition) is 2. The lowest BCUT2D eigenvalue weighted by Crippen LogP contribution is -2.32. The highest BCUT2D eigenvalue weighted by Gasteiger charge is 2.20. The predicted molar refractivity (Wildman–Crippen MR) is 122 cm³/mol. The van der Waals surface area contributed by atoms with E-state index < -0.39 is 0 Å². The van der Waals surface area contributed by atoms with E-state index in [0.717, 1.165) is 17.5 Å². The zero-order valence-electron chi connectivity index (χ0n) is 17.5. The van der Waals surface area contributed by atoms with Crippen LogP contribution in [0.3, 0.4) is 0 Å². The van der Waals surface area contributed by atoms with Gasteiger partial charge in [0.1, 0.15) is 0 Å². The Morgan fingerprint density at radius 1 is 0.800 bits per heavy atom. The molecule has 0 fully saturated rings. The van der Waals surface area contributed by atoms with Crippen LogP contribution in [0.5, 0.6) is 0 Å². The Kier molecular flexibility index (Phi) is 7.39. The first kappa shape index (κ1) is 21.3. The molecule has 30 heavy (non-hydrogen) atoms. The number of nitrogens with one attached hydrogen (secondary N) is 2. The van der Waals surface area contributed by atoms with Gasteiger partial charge in [-0.25, -0.2) is 0 Å². The Bertz CT molecular complexity index is 931. The van der Waals surface area contributed by atoms with Crippen LogP contribution in [0.1, 0.15) is 54.1 Å². The summed E-state index contributed by atoms with van der Waals surface area (Å²) < 4.78 is 0. The van der Waals surface area contributed by atoms with Crippen LogP contribution in [0.4, 0.5) is 5.69 Å². The van der Waals surface area contributed by atoms with Gasteiger partial charge in [-0.2, -0.15) is 0 Å². The van der Waals surface area contributed by atoms with Crippen LogP contribution in [0.15, 0.2) is 84.9 Å². The van der Waals surface area contributed by atoms with Crippen molar-refractivity contribution >= 4 is 17.5 Å². The van der Waals surface area contributed by atoms with Gasteiger partial charge in [0, 0.05) is 18.4 Å². The molecule has 0 unspecified atom stereocenters. The number of para-hydroxylation sites is 1. The number of rotatable bonds is 8. The second-order valence-electron chi connectivity index (χ2n) is 7.45. The van der Waals surface area contributed by atoms with E-state index in [4.69, 9.17) is 0 Å². The Balaban J connectivity index is 1.79. The van der Waals surface area contributed by atoms with Crippen LogP contribution in [-0.2, 0) is 4.79 Å². The first-order chi connectivity index (χ1) is 14.6. The Morgan fingerprint density at radius 3 is 1.90 bits per heavy atom. The molecule has 0 saturated carbocycles. The fourth-order valence-corrected chi connectivity index (χ4v) is 3.38. The molecule has 4 nitrogen and oxygen atoms in total. The average molecular weight is 401 g/mol. The van der Waals surface area contributed by atoms with Crippen LogP contribution >= 0.6 is 0 Å². The van der Waals surface area contributed by atoms with Crippen LogP contribution in [0.2, 0.25) is 0 Å². The third kappa shape index (κ3) is 5.57. The third-order valence-corrected chi connectivity index (χ3v) is 5.23. The second-order valence-corrected chi connectivity index (χ2v) is 7.45. The number of benzene rings is 3. The topological polar surface area (TPSA) is 58.2 Å². The first-order valence-electron chi connectivity index (χ1n) is 10.4. The minimum Gasteiger partial charge on any atom is -0.350 e. The summed E-state index contributed by atoms with van der Waals surface area (Å²) in [6.07, 6.45) is 1.13. The number of carbonyl (C=O) groups is 2. The smallest absolute Gasteiger partial charge is 0.253 e. The standard InChI is InChI=1S/C26H28N2O2/c1-3-19(2)27-26(30)22-16-10-11-17-24(22)28-25(29)18-23(20-12-6-4-7-13-20)21-14-8-5-9-15-21/h4-17,19,23H,3,18H2,1-2H3,(H,27,30)(H,28,29)/t19-/m0/s1. The molecular weight excluding hydrogens is 372 g/mol. The lowest BCUT2D eigenvalue weighted by atomic mass is 9.88. The molecule has 2 amide bonds. The van der Waals surface area contributed by atoms with Crippen molar-refractivity contribution in [1.82, 2.24) is 5.32 Å². The lowest BCUT2D eigenvalue weighted by molar-refractivity contribution is -0.116. The van der Waals surface area contributed by atoms with Crippen molar-refractivity contribution in [1.29, 1.82) is 0 Å². The first-order valence-corrected chi connectivity index (χ1v) is 10.4. The molecule has 0 spiro atoms. The largest absolute Gasteiger partial charge is 0.350 e. The van der Waals surface area contributed by atoms with Crippen molar-refractivity contribution in [3.8, 4) is 0 Å². The van der Waals surface area contributed by atoms with Gasteiger partial charge in [-0.3, -0.25) is 9.59 Å². The van der Waals surface area contributed by atoms with Crippen molar-refractivity contribution in [3.05, 3.63) is 102 Å². The minimum atomic E-state index is -0.178. The SMILES string of the molecule is CC[C@H](C)NC(=O)c1ccccc1NC(=O)CC(c1ccccc1)c1ccccc1. The van der Waals surface area contributed by atoms with Crippen molar-refractivity contribution < 1.29 is 9.59 Å². The summed E-state index contributed by atoms with van der Waals surface area (Å²) in [7, 11) is 0. The normalized spacial score (nSPS) is 11.7. The van der Waals surface area contributed by atoms with Gasteiger partial charge >= 0.3 is 0 Å². The Labute approximate surface area is 178 Å². The minimum absolute atomic E-state index is 0.0616. The van der Waals surface area contributed by atoms with Gasteiger partial charge in [0.15, 0.2) is 0 Å². The molecule has 4 heteroatoms. The van der Waals surface area contributed by atoms with E-state index in [1.165, 1.54) is 0 Å². The highest BCUT2D eigenvalue weighted by molar-refractivity contribution is 6.04. The summed E-state index contributed by atoms with van der Waals surface area (Å²) in [5.41, 5.74) is 3.17. The fourth-order valence-electron chi connectivity index (χ4n) is 3.38. The second kappa shape index (κ2) is 10.4. The maximum atomic E-state index is 13.0. The van der Waals surface area contributed by atoms with Gasteiger partial charge in [0.25, 0.3) is 5.91 Å². The van der Waals surface area contributed by atoms with Crippen LogP contribution in [0.25, 0.3) is 0 Å². The summed E-state index contributed by atoms with van der Waals surface area (Å²) in [5, 5.41) is 5.91. The summed E-state index contributed by atoms with van der Waals surface area (Å²) in [4.78, 5) is 25.6. The van der Waals surface area contributed by atoms with Gasteiger partial charge in [0.2, 0.25) is 5.91 Å². The van der Waals surface area contributed by atoms with Crippen molar-refractivity contribution in [3.63, 3.8) is 0 Å². The highest BCUT2D eigenvalue weighted by atomic mass is 16.2. The summed E-state index contributed by atoms with van der Waals surface area (Å²) in [5.74, 6) is -0.368. The molecule has 1 atom stereocenters. The lowest BCUT2D eigenvalue weighted by Gasteiger charge is -2.19. The number of anilines is 1. The Morgan fingerprint density at radius 2 is 1.33 bits per heavy atom. The molecule has 0 heterocycles. The van der Waals surface area contributed by atoms with Gasteiger partial charge < -0.3 is 10.6 Å². The number of hydrogen-bond acceptors (Lipinski definition) is 2. The van der Waals surface area contributed by atoms with E-state index in [9.17, 15) is 9.59 Å². The van der Waals surface area contributed by atoms with Gasteiger partial charge in [-0.05, 0) is 36.6 Å². The molecule has 3 rings (SSSR count). The van der Waals surface area contributed by atoms with Gasteiger partial charge in [-0.15, -0.1) is 0 Å². The molecule has 0 aliphatic rings. The maximum absolute atomic E-state index is 13.0. The molecule has 0 radical (unpaired) electrons. The molecule has 0 aliphatic heterocycles. The summed E-state index contributed by atoms with van der Waals surface area (Å²) in [6, 6.07) is 27.2. The van der Waals surface area contributed by atoms with Gasteiger partial charge in [0.05, 0.1) is 11.3 Å². The predicted octanol–water partition coefficient (Wildman–Crippen LogP) is 5.38. The van der Waals surface area contributed by atoms with E-state index in [0.29, 0.717) is 11.3 Å². The van der Waals surface area contributed by atoms with Crippen molar-refractivity contribution in [2.45, 2.75) is 38.6 Å². The van der Waals surface area contributed by atoms with Crippen LogP contribution in [-0.4, -0.2) is 17.9 Å². The summed E-state index contributed by atoms with van der Waals surface area (Å²) >= 11 is 0. The van der Waals surface area contributed by atoms with E-state index in [-0.39, 0.29) is 30.2 Å². The van der Waals surface area contributed by atoms with E-state index in [2.05, 4.69) is 10.6 Å². The average Bonchev–Trinajstić information content (AvgIpc) is 2.79. The highest BCUT2D eigenvalue weighted by Crippen LogP contribution is 2.28. The molecule has 3 aromatic rings. The van der Waals surface area contributed by atoms with Crippen LogP contribution in [0, 0.1) is 0 Å². The zero-order chi connectivity index (χ0) is 21.3. The number of carbonyl (C=O) groups excluding carboxylic acids is 2. The van der Waals surface area contributed by atoms with E-state index in [1.54, 1.807) is 18.2 Å². The van der Waals surface area contributed by atoms with Crippen molar-refractivity contribution in [2.75, 3.05) is 5.32 Å². The van der Waals surface area contributed by atoms with Crippen molar-refractivity contribution in [2.24, 2.45) is 0 Å². The zero-order valence-corrected chi connectivity index (χ0v) is 17.5. The Hall–Kier alpha value is -3.40. The molecule has 3 aromatic carbocycles. The third-order valence-electron chi connectivity index (χ3n) is 5.23. The molecule has 0 bridgehead atoms. The molecule has 0 saturated heterocycles. The fraction of sp³-hybridized carbons (Fsp3) is 0.231. The van der Waals surface area contributed by atoms with E-state index >= 15 is 0 Å². The van der Waals surface area contributed by atoms with Gasteiger partial charge in [-0.1, -0.05) is 79.7 Å². The molecule has 0 aliphatic carbocycles. The molecule has 2 N–H and O–H groups in total. The number of amides is 2. The maximum Gasteiger partial charge on any atom is 0.253 e. The quantitative estimate of drug-likeness (QED) is 0.534. The molecule has 0 aromatic heterocycles.